The molecular weight excluding hydrogens is 469 g/mol. The van der Waals surface area contributed by atoms with Gasteiger partial charge in [0.05, 0.1) is 11.4 Å². The van der Waals surface area contributed by atoms with Gasteiger partial charge in [-0.1, -0.05) is 40.9 Å². The van der Waals surface area contributed by atoms with Crippen molar-refractivity contribution in [2.24, 2.45) is 0 Å². The van der Waals surface area contributed by atoms with E-state index in [-0.39, 0.29) is 12.5 Å². The molecule has 0 saturated heterocycles. The lowest BCUT2D eigenvalue weighted by atomic mass is 10.1. The summed E-state index contributed by atoms with van der Waals surface area (Å²) in [6, 6.07) is 13.2. The third kappa shape index (κ3) is 5.69. The molecule has 0 bridgehead atoms. The molecule has 4 nitrogen and oxygen atoms in total. The van der Waals surface area contributed by atoms with E-state index in [4.69, 9.17) is 23.2 Å². The van der Waals surface area contributed by atoms with Crippen molar-refractivity contribution in [2.45, 2.75) is 13.3 Å². The number of aryl methyl sites for hydroxylation is 1. The Balaban J connectivity index is 1.67. The van der Waals surface area contributed by atoms with Gasteiger partial charge in [0, 0.05) is 22.2 Å². The summed E-state index contributed by atoms with van der Waals surface area (Å²) >= 11 is 17.2. The van der Waals surface area contributed by atoms with Crippen LogP contribution in [-0.2, 0) is 11.2 Å². The summed E-state index contributed by atoms with van der Waals surface area (Å²) in [4.78, 5) is 17.6. The average Bonchev–Trinajstić information content (AvgIpc) is 2.96. The van der Waals surface area contributed by atoms with E-state index in [1.54, 1.807) is 12.1 Å². The topological polar surface area (TPSA) is 54.0 Å². The van der Waals surface area contributed by atoms with Gasteiger partial charge in [-0.2, -0.15) is 0 Å². The summed E-state index contributed by atoms with van der Waals surface area (Å²) in [5.74, 6) is 0.352. The van der Waals surface area contributed by atoms with E-state index in [0.717, 1.165) is 16.1 Å². The number of benzene rings is 2. The molecule has 3 rings (SSSR count). The van der Waals surface area contributed by atoms with Crippen molar-refractivity contribution in [3.8, 4) is 0 Å². The van der Waals surface area contributed by atoms with E-state index in [2.05, 4.69) is 31.5 Å². The van der Waals surface area contributed by atoms with Gasteiger partial charge in [0.1, 0.15) is 5.82 Å². The fraction of sp³-hybridized carbons (Fsp3) is 0.158. The zero-order valence-corrected chi connectivity index (χ0v) is 18.3. The summed E-state index contributed by atoms with van der Waals surface area (Å²) < 4.78 is 0.692. The third-order valence-electron chi connectivity index (χ3n) is 3.79. The van der Waals surface area contributed by atoms with Gasteiger partial charge in [-0.15, -0.1) is 11.3 Å². The van der Waals surface area contributed by atoms with Crippen LogP contribution in [0.3, 0.4) is 0 Å². The van der Waals surface area contributed by atoms with E-state index in [1.807, 2.05) is 37.3 Å². The van der Waals surface area contributed by atoms with Gasteiger partial charge in [-0.25, -0.2) is 4.98 Å². The van der Waals surface area contributed by atoms with E-state index in [9.17, 15) is 4.79 Å². The van der Waals surface area contributed by atoms with Crippen molar-refractivity contribution in [3.63, 3.8) is 0 Å². The minimum Gasteiger partial charge on any atom is -0.376 e. The van der Waals surface area contributed by atoms with Gasteiger partial charge in [-0.3, -0.25) is 4.79 Å². The van der Waals surface area contributed by atoms with Gasteiger partial charge < -0.3 is 10.6 Å². The summed E-state index contributed by atoms with van der Waals surface area (Å²) in [6.45, 7) is 2.17. The predicted octanol–water partition coefficient (Wildman–Crippen LogP) is 6.16. The first-order valence-corrected chi connectivity index (χ1v) is 10.5. The Bertz CT molecular complexity index is 960. The molecule has 0 spiro atoms. The molecule has 1 amide bonds. The molecule has 27 heavy (non-hydrogen) atoms. The molecule has 0 radical (unpaired) electrons. The van der Waals surface area contributed by atoms with Gasteiger partial charge in [0.15, 0.2) is 3.92 Å². The highest BCUT2D eigenvalue weighted by Gasteiger charge is 2.15. The first-order chi connectivity index (χ1) is 12.9. The monoisotopic (exact) mass is 483 g/mol. The Morgan fingerprint density at radius 3 is 2.67 bits per heavy atom. The van der Waals surface area contributed by atoms with Gasteiger partial charge >= 0.3 is 0 Å². The second kappa shape index (κ2) is 9.06. The largest absolute Gasteiger partial charge is 0.376 e. The van der Waals surface area contributed by atoms with Crippen LogP contribution in [0.25, 0.3) is 0 Å². The van der Waals surface area contributed by atoms with Crippen molar-refractivity contribution in [2.75, 3.05) is 17.2 Å². The number of nitrogens with one attached hydrogen (secondary N) is 2. The van der Waals surface area contributed by atoms with E-state index >= 15 is 0 Å². The van der Waals surface area contributed by atoms with Crippen molar-refractivity contribution in [1.82, 2.24) is 4.98 Å². The van der Waals surface area contributed by atoms with E-state index in [0.29, 0.717) is 26.2 Å². The van der Waals surface area contributed by atoms with Gasteiger partial charge in [0.2, 0.25) is 5.91 Å². The number of amides is 1. The zero-order valence-electron chi connectivity index (χ0n) is 14.4. The molecule has 3 aromatic rings. The molecule has 140 valence electrons. The lowest BCUT2D eigenvalue weighted by Gasteiger charge is -2.09. The lowest BCUT2D eigenvalue weighted by Crippen LogP contribution is -2.22. The van der Waals surface area contributed by atoms with Crippen molar-refractivity contribution >= 4 is 67.9 Å². The SMILES string of the molecule is Cc1ccc(NCC(=O)Nc2nc(Br)sc2Cc2cc(Cl)ccc2Cl)cc1. The number of nitrogens with zero attached hydrogens (tertiary/aromatic N) is 1. The quantitative estimate of drug-likeness (QED) is 0.440. The first-order valence-electron chi connectivity index (χ1n) is 8.10. The third-order valence-corrected chi connectivity index (χ3v) is 5.90. The molecule has 8 heteroatoms. The minimum absolute atomic E-state index is 0.148. The molecule has 0 fully saturated rings. The predicted molar refractivity (Wildman–Crippen MR) is 117 cm³/mol. The Kier molecular flexibility index (Phi) is 6.76. The highest BCUT2D eigenvalue weighted by atomic mass is 79.9. The fourth-order valence-corrected chi connectivity index (χ4v) is 4.33. The number of halogens is 3. The maximum atomic E-state index is 12.3. The molecular formula is C19H16BrCl2N3OS. The summed E-state index contributed by atoms with van der Waals surface area (Å²) in [7, 11) is 0. The zero-order chi connectivity index (χ0) is 19.4. The van der Waals surface area contributed by atoms with Crippen LogP contribution in [0.5, 0.6) is 0 Å². The lowest BCUT2D eigenvalue weighted by molar-refractivity contribution is -0.114. The molecule has 2 N–H and O–H groups in total. The van der Waals surface area contributed by atoms with Gasteiger partial charge in [0.25, 0.3) is 0 Å². The average molecular weight is 485 g/mol. The van der Waals surface area contributed by atoms with Crippen LogP contribution in [-0.4, -0.2) is 17.4 Å². The van der Waals surface area contributed by atoms with Crippen LogP contribution < -0.4 is 10.6 Å². The highest BCUT2D eigenvalue weighted by molar-refractivity contribution is 9.11. The first kappa shape index (κ1) is 20.1. The Labute approximate surface area is 180 Å². The maximum Gasteiger partial charge on any atom is 0.244 e. The number of aromatic nitrogens is 1. The maximum absolute atomic E-state index is 12.3. The number of hydrogen-bond donors (Lipinski definition) is 2. The Morgan fingerprint density at radius 2 is 1.93 bits per heavy atom. The van der Waals surface area contributed by atoms with Crippen LogP contribution in [0.15, 0.2) is 46.4 Å². The molecule has 0 aliphatic rings. The van der Waals surface area contributed by atoms with Crippen molar-refractivity contribution in [1.29, 1.82) is 0 Å². The van der Waals surface area contributed by atoms with E-state index < -0.39 is 0 Å². The van der Waals surface area contributed by atoms with Gasteiger partial charge in [-0.05, 0) is 58.7 Å². The second-order valence-electron chi connectivity index (χ2n) is 5.92. The van der Waals surface area contributed by atoms with Crippen LogP contribution in [0.4, 0.5) is 11.5 Å². The van der Waals surface area contributed by atoms with Crippen LogP contribution in [0.1, 0.15) is 16.0 Å². The number of anilines is 2. The number of carbonyl (C=O) groups is 1. The summed E-state index contributed by atoms with van der Waals surface area (Å²) in [5.41, 5.74) is 2.94. The normalized spacial score (nSPS) is 10.7. The molecule has 0 saturated carbocycles. The standard InChI is InChI=1S/C19H16BrCl2N3OS/c1-11-2-5-14(6-3-11)23-10-17(26)24-18-16(27-19(20)25-18)9-12-8-13(21)4-7-15(12)22/h2-8,23H,9-10H2,1H3,(H,24,26). The molecule has 0 unspecified atom stereocenters. The molecule has 2 aromatic carbocycles. The smallest absolute Gasteiger partial charge is 0.244 e. The number of hydrogen-bond acceptors (Lipinski definition) is 4. The summed E-state index contributed by atoms with van der Waals surface area (Å²) in [5, 5.41) is 7.20. The molecule has 1 heterocycles. The Morgan fingerprint density at radius 1 is 1.19 bits per heavy atom. The minimum atomic E-state index is -0.174. The van der Waals surface area contributed by atoms with Crippen LogP contribution in [0, 0.1) is 6.92 Å². The molecule has 0 aliphatic heterocycles. The number of carbonyl (C=O) groups excluding carboxylic acids is 1. The summed E-state index contributed by atoms with van der Waals surface area (Å²) in [6.07, 6.45) is 0.531. The van der Waals surface area contributed by atoms with Crippen molar-refractivity contribution in [3.05, 3.63) is 72.4 Å². The van der Waals surface area contributed by atoms with Crippen molar-refractivity contribution < 1.29 is 4.79 Å². The fourth-order valence-electron chi connectivity index (χ4n) is 2.42. The highest BCUT2D eigenvalue weighted by Crippen LogP contribution is 2.32. The Hall–Kier alpha value is -1.60. The molecule has 1 aromatic heterocycles. The van der Waals surface area contributed by atoms with Crippen LogP contribution in [0.2, 0.25) is 10.0 Å². The molecule has 0 atom stereocenters. The number of rotatable bonds is 6. The van der Waals surface area contributed by atoms with E-state index in [1.165, 1.54) is 16.9 Å². The second-order valence-corrected chi connectivity index (χ2v) is 9.12. The van der Waals surface area contributed by atoms with Crippen LogP contribution >= 0.6 is 50.5 Å². The molecule has 0 aliphatic carbocycles. The number of thiazole rings is 1.